The van der Waals surface area contributed by atoms with E-state index in [9.17, 15) is 35.4 Å². The van der Waals surface area contributed by atoms with Crippen LogP contribution in [-0.2, 0) is 14.3 Å². The second-order valence-electron chi connectivity index (χ2n) is 18.1. The summed E-state index contributed by atoms with van der Waals surface area (Å²) in [7, 11) is 0. The number of carbonyl (C=O) groups excluding carboxylic acids is 1. The highest BCUT2D eigenvalue weighted by molar-refractivity contribution is 5.80. The normalized spacial score (nSPS) is 21.1. The second kappa shape index (κ2) is 41.3. The van der Waals surface area contributed by atoms with Crippen molar-refractivity contribution in [2.45, 2.75) is 281 Å². The Kier molecular flexibility index (Phi) is 39.1. The van der Waals surface area contributed by atoms with Crippen molar-refractivity contribution in [3.05, 3.63) is 24.3 Å². The minimum Gasteiger partial charge on any atom is -0.394 e. The molecule has 1 aliphatic heterocycles. The summed E-state index contributed by atoms with van der Waals surface area (Å²) in [4.78, 5) is 13.1. The summed E-state index contributed by atoms with van der Waals surface area (Å²) in [6.07, 6.45) is 39.8. The van der Waals surface area contributed by atoms with Gasteiger partial charge in [0.15, 0.2) is 6.29 Å². The van der Waals surface area contributed by atoms with E-state index in [1.165, 1.54) is 167 Å². The van der Waals surface area contributed by atoms with Gasteiger partial charge in [-0.15, -0.1) is 0 Å². The van der Waals surface area contributed by atoms with Gasteiger partial charge in [0, 0.05) is 0 Å². The van der Waals surface area contributed by atoms with Gasteiger partial charge in [0.2, 0.25) is 5.91 Å². The van der Waals surface area contributed by atoms with Crippen LogP contribution in [0.3, 0.4) is 0 Å². The molecule has 1 aliphatic rings. The zero-order valence-corrected chi connectivity index (χ0v) is 39.3. The average Bonchev–Trinajstić information content (AvgIpc) is 3.26. The SMILES string of the molecule is CCCCCCCCCCCC/C=C/CC/C=C/C(O)C(COC1OC(CO)C(O)C(O)C1O)NC(=O)C(O)CCCCCCCCCCCCCCCCCCCCCC. The lowest BCUT2D eigenvalue weighted by Crippen LogP contribution is -2.60. The van der Waals surface area contributed by atoms with Crippen molar-refractivity contribution < 1.29 is 44.9 Å². The summed E-state index contributed by atoms with van der Waals surface area (Å²) in [6, 6.07) is -0.993. The van der Waals surface area contributed by atoms with Gasteiger partial charge in [-0.2, -0.15) is 0 Å². The number of ether oxygens (including phenoxy) is 2. The summed E-state index contributed by atoms with van der Waals surface area (Å²) in [5, 5.41) is 64.8. The molecular formula is C51H97NO9. The highest BCUT2D eigenvalue weighted by atomic mass is 16.7. The predicted octanol–water partition coefficient (Wildman–Crippen LogP) is 10.4. The van der Waals surface area contributed by atoms with Gasteiger partial charge in [-0.1, -0.05) is 224 Å². The van der Waals surface area contributed by atoms with Gasteiger partial charge in [-0.25, -0.2) is 0 Å². The molecule has 0 saturated carbocycles. The number of nitrogens with one attached hydrogen (secondary N) is 1. The Bertz CT molecular complexity index is 1030. The zero-order chi connectivity index (χ0) is 44.6. The van der Waals surface area contributed by atoms with Crippen molar-refractivity contribution in [3.8, 4) is 0 Å². The summed E-state index contributed by atoms with van der Waals surface area (Å²) in [6.45, 7) is 3.61. The van der Waals surface area contributed by atoms with Crippen LogP contribution in [0.25, 0.3) is 0 Å². The van der Waals surface area contributed by atoms with Gasteiger partial charge in [0.05, 0.1) is 25.4 Å². The monoisotopic (exact) mass is 868 g/mol. The fourth-order valence-corrected chi connectivity index (χ4v) is 8.18. The molecule has 61 heavy (non-hydrogen) atoms. The van der Waals surface area contributed by atoms with E-state index >= 15 is 0 Å². The molecule has 0 aromatic rings. The largest absolute Gasteiger partial charge is 0.394 e. The van der Waals surface area contributed by atoms with Gasteiger partial charge in [-0.3, -0.25) is 4.79 Å². The number of amides is 1. The van der Waals surface area contributed by atoms with Crippen molar-refractivity contribution in [1.29, 1.82) is 0 Å². The minimum absolute atomic E-state index is 0.308. The second-order valence-corrected chi connectivity index (χ2v) is 18.1. The Balaban J connectivity index is 2.36. The summed E-state index contributed by atoms with van der Waals surface area (Å²) in [5.74, 6) is -0.623. The van der Waals surface area contributed by atoms with Gasteiger partial charge < -0.3 is 45.4 Å². The van der Waals surface area contributed by atoms with Crippen LogP contribution in [0.4, 0.5) is 0 Å². The molecule has 0 radical (unpaired) electrons. The predicted molar refractivity (Wildman–Crippen MR) is 250 cm³/mol. The molecule has 0 aromatic carbocycles. The van der Waals surface area contributed by atoms with Crippen LogP contribution in [0.1, 0.15) is 232 Å². The number of aliphatic hydroxyl groups is 6. The van der Waals surface area contributed by atoms with E-state index in [0.29, 0.717) is 19.3 Å². The van der Waals surface area contributed by atoms with Crippen LogP contribution in [0, 0.1) is 0 Å². The number of hydrogen-bond donors (Lipinski definition) is 7. The number of aliphatic hydroxyl groups excluding tert-OH is 6. The van der Waals surface area contributed by atoms with E-state index in [1.54, 1.807) is 6.08 Å². The van der Waals surface area contributed by atoms with Crippen LogP contribution in [-0.4, -0.2) is 98.7 Å². The first kappa shape index (κ1) is 57.6. The van der Waals surface area contributed by atoms with Gasteiger partial charge in [0.1, 0.15) is 30.5 Å². The topological polar surface area (TPSA) is 169 Å². The molecule has 10 nitrogen and oxygen atoms in total. The maximum atomic E-state index is 13.1. The highest BCUT2D eigenvalue weighted by Gasteiger charge is 2.44. The van der Waals surface area contributed by atoms with Crippen molar-refractivity contribution >= 4 is 5.91 Å². The van der Waals surface area contributed by atoms with Crippen molar-refractivity contribution in [3.63, 3.8) is 0 Å². The van der Waals surface area contributed by atoms with Crippen LogP contribution >= 0.6 is 0 Å². The molecule has 7 N–H and O–H groups in total. The van der Waals surface area contributed by atoms with Crippen molar-refractivity contribution in [1.82, 2.24) is 5.32 Å². The van der Waals surface area contributed by atoms with Crippen molar-refractivity contribution in [2.24, 2.45) is 0 Å². The highest BCUT2D eigenvalue weighted by Crippen LogP contribution is 2.23. The number of unbranched alkanes of at least 4 members (excludes halogenated alkanes) is 30. The molecule has 0 aromatic heterocycles. The first-order chi connectivity index (χ1) is 29.8. The molecule has 0 spiro atoms. The van der Waals surface area contributed by atoms with Crippen LogP contribution < -0.4 is 5.32 Å². The molecule has 0 bridgehead atoms. The maximum Gasteiger partial charge on any atom is 0.249 e. The van der Waals surface area contributed by atoms with Crippen LogP contribution in [0.2, 0.25) is 0 Å². The fourth-order valence-electron chi connectivity index (χ4n) is 8.18. The Hall–Kier alpha value is -1.37. The van der Waals surface area contributed by atoms with E-state index in [0.717, 1.165) is 32.1 Å². The molecule has 10 heteroatoms. The Morgan fingerprint density at radius 2 is 0.967 bits per heavy atom. The molecule has 1 heterocycles. The van der Waals surface area contributed by atoms with Gasteiger partial charge in [-0.05, 0) is 32.1 Å². The van der Waals surface area contributed by atoms with Crippen molar-refractivity contribution in [2.75, 3.05) is 13.2 Å². The molecule has 1 fully saturated rings. The third-order valence-corrected chi connectivity index (χ3v) is 12.4. The fraction of sp³-hybridized carbons (Fsp3) is 0.902. The molecule has 360 valence electrons. The summed E-state index contributed by atoms with van der Waals surface area (Å²) in [5.41, 5.74) is 0. The summed E-state index contributed by atoms with van der Waals surface area (Å²) < 4.78 is 11.1. The van der Waals surface area contributed by atoms with Crippen LogP contribution in [0.15, 0.2) is 24.3 Å². The number of rotatable bonds is 43. The van der Waals surface area contributed by atoms with Crippen LogP contribution in [0.5, 0.6) is 0 Å². The number of hydrogen-bond acceptors (Lipinski definition) is 9. The lowest BCUT2D eigenvalue weighted by Gasteiger charge is -2.40. The standard InChI is InChI=1S/C51H97NO9/c1-3-5-7-9-11-13-15-17-19-21-22-23-24-26-28-30-32-34-36-38-40-45(55)50(59)52-43(42-60-51-49(58)48(57)47(56)46(41-53)61-51)44(54)39-37-35-33-31-29-27-25-20-18-16-14-12-10-8-6-4-2/h29,31,37,39,43-49,51,53-58H,3-28,30,32-36,38,40-42H2,1-2H3,(H,52,59)/b31-29+,39-37+. The zero-order valence-electron chi connectivity index (χ0n) is 39.3. The van der Waals surface area contributed by atoms with E-state index in [1.807, 2.05) is 6.08 Å². The number of carbonyl (C=O) groups is 1. The molecule has 8 atom stereocenters. The molecule has 0 aliphatic carbocycles. The Labute approximate surface area is 373 Å². The van der Waals surface area contributed by atoms with Gasteiger partial charge >= 0.3 is 0 Å². The lowest BCUT2D eigenvalue weighted by atomic mass is 9.99. The van der Waals surface area contributed by atoms with E-state index in [2.05, 4.69) is 31.3 Å². The molecular weight excluding hydrogens is 771 g/mol. The van der Waals surface area contributed by atoms with E-state index in [4.69, 9.17) is 9.47 Å². The molecule has 8 unspecified atom stereocenters. The van der Waals surface area contributed by atoms with E-state index in [-0.39, 0.29) is 6.61 Å². The summed E-state index contributed by atoms with van der Waals surface area (Å²) >= 11 is 0. The smallest absolute Gasteiger partial charge is 0.249 e. The third-order valence-electron chi connectivity index (χ3n) is 12.4. The maximum absolute atomic E-state index is 13.1. The lowest BCUT2D eigenvalue weighted by molar-refractivity contribution is -0.302. The number of allylic oxidation sites excluding steroid dienone is 3. The Morgan fingerprint density at radius 1 is 0.557 bits per heavy atom. The molecule has 1 rings (SSSR count). The quantitative estimate of drug-likeness (QED) is 0.0233. The minimum atomic E-state index is -1.61. The molecule has 1 saturated heterocycles. The van der Waals surface area contributed by atoms with Gasteiger partial charge in [0.25, 0.3) is 0 Å². The molecule has 1 amide bonds. The average molecular weight is 868 g/mol. The van der Waals surface area contributed by atoms with E-state index < -0.39 is 61.5 Å². The Morgan fingerprint density at radius 3 is 1.43 bits per heavy atom. The third kappa shape index (κ3) is 31.2. The first-order valence-corrected chi connectivity index (χ1v) is 25.7. The first-order valence-electron chi connectivity index (χ1n) is 25.7.